The van der Waals surface area contributed by atoms with E-state index >= 15 is 0 Å². The van der Waals surface area contributed by atoms with Crippen molar-refractivity contribution < 1.29 is 0 Å². The molecule has 0 N–H and O–H groups in total. The van der Waals surface area contributed by atoms with Crippen molar-refractivity contribution >= 4 is 10.0 Å². The third-order valence-electron chi connectivity index (χ3n) is 2.13. The summed E-state index contributed by atoms with van der Waals surface area (Å²) < 4.78 is 0. The average molecular weight is 196 g/mol. The zero-order valence-corrected chi connectivity index (χ0v) is 9.90. The van der Waals surface area contributed by atoms with E-state index in [4.69, 9.17) is 0 Å². The fraction of sp³-hybridized carbons (Fsp3) is 0.500. The van der Waals surface area contributed by atoms with E-state index in [9.17, 15) is 0 Å². The van der Waals surface area contributed by atoms with Crippen LogP contribution in [0.2, 0.25) is 0 Å². The fourth-order valence-corrected chi connectivity index (χ4v) is 4.47. The average Bonchev–Trinajstić information content (AvgIpc) is 2.04. The van der Waals surface area contributed by atoms with E-state index < -0.39 is 10.0 Å². The Hall–Kier alpha value is -0.430. The van der Waals surface area contributed by atoms with Gasteiger partial charge in [0.25, 0.3) is 0 Å². The molecule has 0 unspecified atom stereocenters. The van der Waals surface area contributed by atoms with Crippen LogP contribution in [0.4, 0.5) is 0 Å². The van der Waals surface area contributed by atoms with Crippen LogP contribution in [0.5, 0.6) is 0 Å². The van der Waals surface area contributed by atoms with Gasteiger partial charge in [-0.15, -0.1) is 0 Å². The van der Waals surface area contributed by atoms with Crippen LogP contribution >= 0.6 is 10.0 Å². The lowest BCUT2D eigenvalue weighted by Gasteiger charge is -2.33. The van der Waals surface area contributed by atoms with E-state index in [-0.39, 0.29) is 0 Å². The van der Waals surface area contributed by atoms with Crippen molar-refractivity contribution in [1.82, 2.24) is 0 Å². The van der Waals surface area contributed by atoms with Crippen molar-refractivity contribution in [1.29, 1.82) is 0 Å². The van der Waals surface area contributed by atoms with Crippen molar-refractivity contribution in [2.45, 2.75) is 18.7 Å². The number of hydrogen-bond donors (Lipinski definition) is 0. The van der Waals surface area contributed by atoms with E-state index in [0.717, 1.165) is 5.92 Å². The third-order valence-corrected chi connectivity index (χ3v) is 5.18. The Balaban J connectivity index is 2.81. The van der Waals surface area contributed by atoms with Crippen LogP contribution in [0.15, 0.2) is 35.2 Å². The predicted octanol–water partition coefficient (Wildman–Crippen LogP) is 3.77. The highest BCUT2D eigenvalue weighted by molar-refractivity contribution is 8.32. The molecule has 0 bridgehead atoms. The Morgan fingerprint density at radius 3 is 2.08 bits per heavy atom. The molecule has 1 rings (SSSR count). The summed E-state index contributed by atoms with van der Waals surface area (Å²) in [6.45, 7) is 4.61. The maximum Gasteiger partial charge on any atom is -0.0104 e. The quantitative estimate of drug-likeness (QED) is 0.690. The molecule has 0 saturated heterocycles. The molecule has 0 aliphatic carbocycles. The maximum atomic E-state index is 2.41. The first kappa shape index (κ1) is 10.6. The minimum absolute atomic E-state index is 0.560. The summed E-state index contributed by atoms with van der Waals surface area (Å²) in [5, 5.41) is 0. The summed E-state index contributed by atoms with van der Waals surface area (Å²) in [5.74, 6) is 2.13. The molecule has 0 aliphatic rings. The highest BCUT2D eigenvalue weighted by atomic mass is 32.3. The minimum atomic E-state index is -0.560. The van der Waals surface area contributed by atoms with Gasteiger partial charge < -0.3 is 0 Å². The highest BCUT2D eigenvalue weighted by Gasteiger charge is 2.15. The molecule has 74 valence electrons. The van der Waals surface area contributed by atoms with Crippen LogP contribution in [0, 0.1) is 5.92 Å². The summed E-state index contributed by atoms with van der Waals surface area (Å²) in [5.41, 5.74) is 0. The highest BCUT2D eigenvalue weighted by Crippen LogP contribution is 2.49. The Morgan fingerprint density at radius 2 is 1.62 bits per heavy atom. The summed E-state index contributed by atoms with van der Waals surface area (Å²) in [4.78, 5) is 1.53. The van der Waals surface area contributed by atoms with Gasteiger partial charge in [0.1, 0.15) is 0 Å². The van der Waals surface area contributed by atoms with Crippen molar-refractivity contribution in [2.24, 2.45) is 5.92 Å². The van der Waals surface area contributed by atoms with Crippen molar-refractivity contribution in [2.75, 3.05) is 18.3 Å². The molecule has 0 heterocycles. The van der Waals surface area contributed by atoms with Gasteiger partial charge in [-0.25, -0.2) is 10.0 Å². The number of hydrogen-bond acceptors (Lipinski definition) is 0. The lowest BCUT2D eigenvalue weighted by molar-refractivity contribution is 0.745. The topological polar surface area (TPSA) is 0 Å². The normalized spacial score (nSPS) is 13.3. The van der Waals surface area contributed by atoms with Gasteiger partial charge >= 0.3 is 0 Å². The molecule has 0 aromatic heterocycles. The van der Waals surface area contributed by atoms with Crippen molar-refractivity contribution in [3.8, 4) is 0 Å². The maximum absolute atomic E-state index is 2.41. The van der Waals surface area contributed by atoms with Gasteiger partial charge in [-0.05, 0) is 29.1 Å². The lowest BCUT2D eigenvalue weighted by Crippen LogP contribution is -2.07. The first-order valence-electron chi connectivity index (χ1n) is 4.78. The Kier molecular flexibility index (Phi) is 3.43. The first-order valence-corrected chi connectivity index (χ1v) is 7.40. The summed E-state index contributed by atoms with van der Waals surface area (Å²) >= 11 is 0. The molecule has 13 heavy (non-hydrogen) atoms. The van der Waals surface area contributed by atoms with Gasteiger partial charge in [0.05, 0.1) is 0 Å². The van der Waals surface area contributed by atoms with Crippen LogP contribution in [0.1, 0.15) is 13.8 Å². The van der Waals surface area contributed by atoms with Gasteiger partial charge in [0, 0.05) is 0 Å². The zero-order valence-electron chi connectivity index (χ0n) is 9.08. The van der Waals surface area contributed by atoms with Gasteiger partial charge in [-0.2, -0.15) is 0 Å². The standard InChI is InChI=1S/C12H20S/c1-11(2)10-13(3,4)12-8-6-5-7-9-12/h5-9,11H,10H2,1-4H3. The molecule has 0 spiro atoms. The molecule has 0 radical (unpaired) electrons. The second-order valence-electron chi connectivity index (χ2n) is 4.41. The summed E-state index contributed by atoms with van der Waals surface area (Å²) in [7, 11) is -0.560. The molecule has 1 aromatic carbocycles. The van der Waals surface area contributed by atoms with Gasteiger partial charge in [0.2, 0.25) is 0 Å². The molecule has 0 saturated carbocycles. The molecule has 0 amide bonds. The van der Waals surface area contributed by atoms with E-state index in [0.29, 0.717) is 0 Å². The second kappa shape index (κ2) is 4.19. The second-order valence-corrected chi connectivity index (χ2v) is 8.29. The predicted molar refractivity (Wildman–Crippen MR) is 63.9 cm³/mol. The smallest absolute Gasteiger partial charge is 0.0104 e. The SMILES string of the molecule is CC(C)CS(C)(C)c1ccccc1. The monoisotopic (exact) mass is 196 g/mol. The first-order chi connectivity index (χ1) is 6.02. The molecule has 0 aliphatic heterocycles. The fourth-order valence-electron chi connectivity index (χ4n) is 1.72. The van der Waals surface area contributed by atoms with Gasteiger partial charge in [-0.3, -0.25) is 0 Å². The van der Waals surface area contributed by atoms with Gasteiger partial charge in [0.15, 0.2) is 0 Å². The Morgan fingerprint density at radius 1 is 1.08 bits per heavy atom. The van der Waals surface area contributed by atoms with E-state index in [2.05, 4.69) is 56.7 Å². The molecule has 0 atom stereocenters. The lowest BCUT2D eigenvalue weighted by atomic mass is 10.3. The van der Waals surface area contributed by atoms with E-state index in [1.165, 1.54) is 10.6 Å². The summed E-state index contributed by atoms with van der Waals surface area (Å²) in [6, 6.07) is 10.9. The van der Waals surface area contributed by atoms with Crippen LogP contribution in [0.3, 0.4) is 0 Å². The molecular formula is C12H20S. The van der Waals surface area contributed by atoms with Crippen molar-refractivity contribution in [3.05, 3.63) is 30.3 Å². The minimum Gasteiger partial charge on any atom is -0.220 e. The molecule has 1 aromatic rings. The number of benzene rings is 1. The largest absolute Gasteiger partial charge is 0.220 e. The van der Waals surface area contributed by atoms with E-state index in [1.807, 2.05) is 0 Å². The van der Waals surface area contributed by atoms with Gasteiger partial charge in [-0.1, -0.05) is 44.2 Å². The van der Waals surface area contributed by atoms with E-state index in [1.54, 1.807) is 0 Å². The molecule has 0 nitrogen and oxygen atoms in total. The van der Waals surface area contributed by atoms with Crippen LogP contribution in [-0.2, 0) is 0 Å². The molecule has 1 heteroatoms. The Labute approximate surface area is 83.7 Å². The molecule has 0 fully saturated rings. The molecular weight excluding hydrogens is 176 g/mol. The summed E-state index contributed by atoms with van der Waals surface area (Å²) in [6.07, 6.45) is 4.81. The van der Waals surface area contributed by atoms with Crippen LogP contribution in [-0.4, -0.2) is 18.3 Å². The third kappa shape index (κ3) is 3.07. The number of rotatable bonds is 3. The van der Waals surface area contributed by atoms with Crippen LogP contribution in [0.25, 0.3) is 0 Å². The Bertz CT molecular complexity index is 249. The zero-order chi connectivity index (χ0) is 9.90. The van der Waals surface area contributed by atoms with Crippen LogP contribution < -0.4 is 0 Å². The van der Waals surface area contributed by atoms with Crippen molar-refractivity contribution in [3.63, 3.8) is 0 Å².